The molecule has 2 unspecified atom stereocenters. The van der Waals surface area contributed by atoms with Gasteiger partial charge in [-0.1, -0.05) is 50.7 Å². The molecule has 2 aliphatic carbocycles. The maximum atomic E-state index is 12.5. The first-order chi connectivity index (χ1) is 12.7. The largest absolute Gasteiger partial charge is 0.466 e. The van der Waals surface area contributed by atoms with Crippen LogP contribution in [0.15, 0.2) is 23.3 Å². The topological polar surface area (TPSA) is 52.6 Å². The minimum atomic E-state index is -0.235. The Bertz CT molecular complexity index is 484. The molecule has 146 valence electrons. The summed E-state index contributed by atoms with van der Waals surface area (Å²) in [5, 5.41) is 0. The molecule has 0 amide bonds. The number of hydrogen-bond donors (Lipinski definition) is 0. The quantitative estimate of drug-likeness (QED) is 0.653. The predicted octanol–water partition coefficient (Wildman–Crippen LogP) is 5.13. The summed E-state index contributed by atoms with van der Waals surface area (Å²) in [5.41, 5.74) is 1.54. The van der Waals surface area contributed by atoms with Gasteiger partial charge in [0.2, 0.25) is 0 Å². The van der Waals surface area contributed by atoms with Gasteiger partial charge in [-0.15, -0.1) is 0 Å². The van der Waals surface area contributed by atoms with Crippen molar-refractivity contribution in [2.45, 2.75) is 77.0 Å². The summed E-state index contributed by atoms with van der Waals surface area (Å²) in [6, 6.07) is 0. The van der Waals surface area contributed by atoms with Gasteiger partial charge in [0.05, 0.1) is 14.2 Å². The highest BCUT2D eigenvalue weighted by Crippen LogP contribution is 2.38. The molecule has 0 N–H and O–H groups in total. The van der Waals surface area contributed by atoms with Gasteiger partial charge < -0.3 is 9.47 Å². The summed E-state index contributed by atoms with van der Waals surface area (Å²) in [6.07, 6.45) is 17.0. The van der Waals surface area contributed by atoms with Crippen LogP contribution in [0.5, 0.6) is 0 Å². The molecule has 0 saturated heterocycles. The van der Waals surface area contributed by atoms with Gasteiger partial charge in [0.25, 0.3) is 0 Å². The van der Waals surface area contributed by atoms with Crippen molar-refractivity contribution < 1.29 is 19.1 Å². The van der Waals surface area contributed by atoms with Gasteiger partial charge in [-0.2, -0.15) is 0 Å². The van der Waals surface area contributed by atoms with Crippen LogP contribution in [-0.2, 0) is 19.1 Å². The van der Waals surface area contributed by atoms with Crippen molar-refractivity contribution in [1.82, 2.24) is 0 Å². The predicted molar refractivity (Wildman–Crippen MR) is 103 cm³/mol. The number of allylic oxidation sites excluding steroid dienone is 2. The normalized spacial score (nSPS) is 29.8. The van der Waals surface area contributed by atoms with Crippen LogP contribution in [0.1, 0.15) is 77.0 Å². The van der Waals surface area contributed by atoms with Crippen molar-refractivity contribution in [1.29, 1.82) is 0 Å². The standard InChI is InChI=1S/C22H34O4/c1-25-21(23)19-15-11-7-3-5-9-13-17(19)18-14-10-6-4-8-12-16-20(18)22(24)26-2/h15-18H,3-14H2,1-2H3/b19-15+,20-16+. The molecule has 0 fully saturated rings. The molecule has 0 aromatic rings. The van der Waals surface area contributed by atoms with E-state index in [2.05, 4.69) is 12.2 Å². The summed E-state index contributed by atoms with van der Waals surface area (Å²) in [7, 11) is 2.90. The van der Waals surface area contributed by atoms with Crippen LogP contribution in [-0.4, -0.2) is 26.2 Å². The van der Waals surface area contributed by atoms with Crippen molar-refractivity contribution in [2.24, 2.45) is 11.8 Å². The number of rotatable bonds is 3. The maximum absolute atomic E-state index is 12.5. The average molecular weight is 363 g/mol. The van der Waals surface area contributed by atoms with Crippen molar-refractivity contribution in [3.05, 3.63) is 23.3 Å². The lowest BCUT2D eigenvalue weighted by Gasteiger charge is -2.29. The SMILES string of the molecule is COC(=O)/C1=C/CCCCCCC1C1CCCCCC/C=C\1C(=O)OC. The van der Waals surface area contributed by atoms with Crippen molar-refractivity contribution in [3.63, 3.8) is 0 Å². The van der Waals surface area contributed by atoms with Gasteiger partial charge in [-0.05, 0) is 50.4 Å². The number of ether oxygens (including phenoxy) is 2. The summed E-state index contributed by atoms with van der Waals surface area (Å²) in [6.45, 7) is 0. The molecule has 0 aromatic carbocycles. The van der Waals surface area contributed by atoms with Gasteiger partial charge in [0.1, 0.15) is 0 Å². The summed E-state index contributed by atoms with van der Waals surface area (Å²) < 4.78 is 10.2. The van der Waals surface area contributed by atoms with Crippen molar-refractivity contribution in [3.8, 4) is 0 Å². The van der Waals surface area contributed by atoms with E-state index in [0.29, 0.717) is 0 Å². The van der Waals surface area contributed by atoms with Crippen LogP contribution in [0.2, 0.25) is 0 Å². The monoisotopic (exact) mass is 362 g/mol. The van der Waals surface area contributed by atoms with E-state index in [4.69, 9.17) is 9.47 Å². The van der Waals surface area contributed by atoms with Crippen molar-refractivity contribution in [2.75, 3.05) is 14.2 Å². The first-order valence-corrected chi connectivity index (χ1v) is 10.3. The molecular formula is C22H34O4. The maximum Gasteiger partial charge on any atom is 0.333 e. The third-order valence-corrected chi connectivity index (χ3v) is 5.79. The number of hydrogen-bond acceptors (Lipinski definition) is 4. The summed E-state index contributed by atoms with van der Waals surface area (Å²) in [5.74, 6) is -0.380. The summed E-state index contributed by atoms with van der Waals surface area (Å²) in [4.78, 5) is 25.1. The Kier molecular flexibility index (Phi) is 8.93. The fourth-order valence-electron chi connectivity index (χ4n) is 4.39. The highest BCUT2D eigenvalue weighted by Gasteiger charge is 2.34. The van der Waals surface area contributed by atoms with Gasteiger partial charge in [0, 0.05) is 11.1 Å². The number of carbonyl (C=O) groups excluding carboxylic acids is 2. The lowest BCUT2D eigenvalue weighted by Crippen LogP contribution is -2.27. The third-order valence-electron chi connectivity index (χ3n) is 5.79. The Labute approximate surface area is 158 Å². The molecule has 26 heavy (non-hydrogen) atoms. The number of carbonyl (C=O) groups is 2. The number of methoxy groups -OCH3 is 2. The minimum absolute atomic E-state index is 0.0454. The molecule has 0 aromatic heterocycles. The summed E-state index contributed by atoms with van der Waals surface area (Å²) >= 11 is 0. The lowest BCUT2D eigenvalue weighted by atomic mass is 9.75. The first kappa shape index (κ1) is 20.7. The van der Waals surface area contributed by atoms with Gasteiger partial charge >= 0.3 is 11.9 Å². The molecule has 4 nitrogen and oxygen atoms in total. The van der Waals surface area contributed by atoms with Crippen molar-refractivity contribution >= 4 is 11.9 Å². The second-order valence-corrected chi connectivity index (χ2v) is 7.50. The van der Waals surface area contributed by atoms with Crippen LogP contribution >= 0.6 is 0 Å². The van der Waals surface area contributed by atoms with Crippen LogP contribution in [0, 0.1) is 11.8 Å². The molecule has 2 atom stereocenters. The average Bonchev–Trinajstić information content (AvgIpc) is 2.86. The van der Waals surface area contributed by atoms with E-state index in [0.717, 1.165) is 62.5 Å². The minimum Gasteiger partial charge on any atom is -0.466 e. The molecule has 4 heteroatoms. The molecule has 0 saturated carbocycles. The second kappa shape index (κ2) is 11.2. The first-order valence-electron chi connectivity index (χ1n) is 10.3. The smallest absolute Gasteiger partial charge is 0.333 e. The Morgan fingerprint density at radius 2 is 1.08 bits per heavy atom. The number of esters is 2. The lowest BCUT2D eigenvalue weighted by molar-refractivity contribution is -0.139. The Morgan fingerprint density at radius 3 is 1.46 bits per heavy atom. The molecule has 0 radical (unpaired) electrons. The molecule has 0 heterocycles. The molecule has 0 spiro atoms. The fourth-order valence-corrected chi connectivity index (χ4v) is 4.39. The van der Waals surface area contributed by atoms with Crippen LogP contribution in [0.4, 0.5) is 0 Å². The highest BCUT2D eigenvalue weighted by molar-refractivity contribution is 5.91. The molecular weight excluding hydrogens is 328 g/mol. The van der Waals surface area contributed by atoms with E-state index in [1.807, 2.05) is 0 Å². The highest BCUT2D eigenvalue weighted by atomic mass is 16.5. The van der Waals surface area contributed by atoms with E-state index < -0.39 is 0 Å². The van der Waals surface area contributed by atoms with Crippen LogP contribution < -0.4 is 0 Å². The molecule has 2 rings (SSSR count). The zero-order valence-corrected chi connectivity index (χ0v) is 16.4. The molecule has 0 aliphatic heterocycles. The molecule has 2 aliphatic rings. The van der Waals surface area contributed by atoms with Crippen LogP contribution in [0.25, 0.3) is 0 Å². The van der Waals surface area contributed by atoms with Crippen LogP contribution in [0.3, 0.4) is 0 Å². The molecule has 0 bridgehead atoms. The third kappa shape index (κ3) is 5.72. The fraction of sp³-hybridized carbons (Fsp3) is 0.727. The van der Waals surface area contributed by atoms with Gasteiger partial charge in [-0.3, -0.25) is 0 Å². The van der Waals surface area contributed by atoms with Gasteiger partial charge in [-0.25, -0.2) is 9.59 Å². The van der Waals surface area contributed by atoms with E-state index in [-0.39, 0.29) is 23.8 Å². The van der Waals surface area contributed by atoms with Gasteiger partial charge in [0.15, 0.2) is 0 Å². The Morgan fingerprint density at radius 1 is 0.692 bits per heavy atom. The Balaban J connectivity index is 2.41. The van der Waals surface area contributed by atoms with E-state index in [9.17, 15) is 9.59 Å². The van der Waals surface area contributed by atoms with E-state index >= 15 is 0 Å². The zero-order chi connectivity index (χ0) is 18.8. The zero-order valence-electron chi connectivity index (χ0n) is 16.4. The Hall–Kier alpha value is -1.58. The van der Waals surface area contributed by atoms with E-state index in [1.54, 1.807) is 0 Å². The second-order valence-electron chi connectivity index (χ2n) is 7.50. The van der Waals surface area contributed by atoms with E-state index in [1.165, 1.54) is 39.9 Å².